The predicted octanol–water partition coefficient (Wildman–Crippen LogP) is 3.27. The van der Waals surface area contributed by atoms with E-state index in [0.29, 0.717) is 12.2 Å². The third-order valence-electron chi connectivity index (χ3n) is 3.87. The molecular formula is C19H23BrN2O3S. The topological polar surface area (TPSA) is 66.5 Å². The van der Waals surface area contributed by atoms with E-state index in [-0.39, 0.29) is 12.5 Å². The van der Waals surface area contributed by atoms with Crippen molar-refractivity contribution in [2.24, 2.45) is 0 Å². The summed E-state index contributed by atoms with van der Waals surface area (Å²) in [6, 6.07) is 15.2. The molecular weight excluding hydrogens is 416 g/mol. The average molecular weight is 439 g/mol. The van der Waals surface area contributed by atoms with Gasteiger partial charge < -0.3 is 5.32 Å². The lowest BCUT2D eigenvalue weighted by atomic mass is 10.1. The molecule has 2 aromatic carbocycles. The number of hydrogen-bond acceptors (Lipinski definition) is 3. The number of benzene rings is 2. The van der Waals surface area contributed by atoms with Crippen LogP contribution in [0.2, 0.25) is 0 Å². The Morgan fingerprint density at radius 3 is 2.46 bits per heavy atom. The molecule has 0 saturated heterocycles. The van der Waals surface area contributed by atoms with Crippen LogP contribution in [0, 0.1) is 6.92 Å². The van der Waals surface area contributed by atoms with Gasteiger partial charge in [0.2, 0.25) is 15.9 Å². The van der Waals surface area contributed by atoms with E-state index >= 15 is 0 Å². The molecule has 1 N–H and O–H groups in total. The summed E-state index contributed by atoms with van der Waals surface area (Å²) < 4.78 is 26.0. The van der Waals surface area contributed by atoms with E-state index in [2.05, 4.69) is 45.5 Å². The molecule has 0 radical (unpaired) electrons. The van der Waals surface area contributed by atoms with E-state index in [1.165, 1.54) is 11.1 Å². The quantitative estimate of drug-likeness (QED) is 0.643. The zero-order valence-corrected chi connectivity index (χ0v) is 17.3. The molecule has 0 unspecified atom stereocenters. The molecule has 5 nitrogen and oxygen atoms in total. The summed E-state index contributed by atoms with van der Waals surface area (Å²) in [4.78, 5) is 12.2. The monoisotopic (exact) mass is 438 g/mol. The summed E-state index contributed by atoms with van der Waals surface area (Å²) in [5.41, 5.74) is 2.89. The fourth-order valence-electron chi connectivity index (χ4n) is 2.49. The van der Waals surface area contributed by atoms with Crippen LogP contribution in [0.25, 0.3) is 0 Å². The lowest BCUT2D eigenvalue weighted by Gasteiger charge is -2.22. The molecule has 0 spiro atoms. The predicted molar refractivity (Wildman–Crippen MR) is 109 cm³/mol. The van der Waals surface area contributed by atoms with Crippen molar-refractivity contribution in [2.45, 2.75) is 19.8 Å². The fourth-order valence-corrected chi connectivity index (χ4v) is 3.73. The zero-order chi connectivity index (χ0) is 19.2. The second-order valence-electron chi connectivity index (χ2n) is 6.19. The lowest BCUT2D eigenvalue weighted by molar-refractivity contribution is -0.119. The largest absolute Gasteiger partial charge is 0.355 e. The highest BCUT2D eigenvalue weighted by atomic mass is 79.9. The highest BCUT2D eigenvalue weighted by molar-refractivity contribution is 9.10. The van der Waals surface area contributed by atoms with Gasteiger partial charge in [-0.05, 0) is 43.5 Å². The van der Waals surface area contributed by atoms with Crippen LogP contribution < -0.4 is 9.62 Å². The van der Waals surface area contributed by atoms with Crippen molar-refractivity contribution in [2.75, 3.05) is 23.7 Å². The Hall–Kier alpha value is -1.86. The van der Waals surface area contributed by atoms with Crippen molar-refractivity contribution in [1.29, 1.82) is 0 Å². The highest BCUT2D eigenvalue weighted by Crippen LogP contribution is 2.21. The number of nitrogens with zero attached hydrogens (tertiary/aromatic N) is 1. The maximum absolute atomic E-state index is 12.2. The maximum Gasteiger partial charge on any atom is 0.240 e. The first-order valence-electron chi connectivity index (χ1n) is 8.31. The minimum Gasteiger partial charge on any atom is -0.355 e. The number of carbonyl (C=O) groups is 1. The molecule has 0 fully saturated rings. The molecule has 0 bridgehead atoms. The van der Waals surface area contributed by atoms with Crippen molar-refractivity contribution in [3.63, 3.8) is 0 Å². The lowest BCUT2D eigenvalue weighted by Crippen LogP contribution is -2.40. The third-order valence-corrected chi connectivity index (χ3v) is 5.50. The maximum atomic E-state index is 12.2. The molecule has 1 amide bonds. The Bertz CT molecular complexity index is 851. The van der Waals surface area contributed by atoms with Gasteiger partial charge in [-0.3, -0.25) is 9.10 Å². The molecule has 0 atom stereocenters. The van der Waals surface area contributed by atoms with Crippen LogP contribution in [0.4, 0.5) is 5.69 Å². The van der Waals surface area contributed by atoms with E-state index < -0.39 is 10.0 Å². The normalized spacial score (nSPS) is 11.2. The number of nitrogens with one attached hydrogen (secondary N) is 1. The Morgan fingerprint density at radius 2 is 1.85 bits per heavy atom. The Morgan fingerprint density at radius 1 is 1.15 bits per heavy atom. The second kappa shape index (κ2) is 9.19. The van der Waals surface area contributed by atoms with Crippen molar-refractivity contribution in [3.8, 4) is 0 Å². The van der Waals surface area contributed by atoms with Crippen LogP contribution in [0.15, 0.2) is 53.0 Å². The Balaban J connectivity index is 1.88. The van der Waals surface area contributed by atoms with E-state index in [1.54, 1.807) is 24.3 Å². The Kier molecular flexibility index (Phi) is 7.23. The molecule has 0 heterocycles. The van der Waals surface area contributed by atoms with Crippen LogP contribution in [0.5, 0.6) is 0 Å². The first-order chi connectivity index (χ1) is 12.3. The van der Waals surface area contributed by atoms with E-state index in [1.807, 2.05) is 6.92 Å². The first-order valence-corrected chi connectivity index (χ1v) is 11.0. The summed E-state index contributed by atoms with van der Waals surface area (Å²) >= 11 is 3.32. The van der Waals surface area contributed by atoms with Crippen LogP contribution >= 0.6 is 15.9 Å². The number of sulfonamides is 1. The van der Waals surface area contributed by atoms with Gasteiger partial charge in [-0.1, -0.05) is 51.8 Å². The number of rotatable bonds is 8. The highest BCUT2D eigenvalue weighted by Gasteiger charge is 2.20. The molecule has 2 aromatic rings. The molecule has 0 aliphatic heterocycles. The van der Waals surface area contributed by atoms with Gasteiger partial charge >= 0.3 is 0 Å². The number of aryl methyl sites for hydroxylation is 2. The number of anilines is 1. The third kappa shape index (κ3) is 6.46. The molecule has 7 heteroatoms. The minimum absolute atomic E-state index is 0.236. The molecule has 0 aliphatic rings. The number of halogens is 1. The fraction of sp³-hybridized carbons (Fsp3) is 0.316. The second-order valence-corrected chi connectivity index (χ2v) is 9.01. The van der Waals surface area contributed by atoms with Gasteiger partial charge in [0, 0.05) is 11.0 Å². The van der Waals surface area contributed by atoms with Gasteiger partial charge in [0.05, 0.1) is 11.9 Å². The molecule has 0 aliphatic carbocycles. The van der Waals surface area contributed by atoms with E-state index in [4.69, 9.17) is 0 Å². The van der Waals surface area contributed by atoms with E-state index in [9.17, 15) is 13.2 Å². The Labute approximate surface area is 163 Å². The summed E-state index contributed by atoms with van der Waals surface area (Å²) in [5.74, 6) is -0.320. The first kappa shape index (κ1) is 20.5. The molecule has 2 rings (SSSR count). The number of carbonyl (C=O) groups excluding carboxylic acids is 1. The SMILES string of the molecule is Cc1ccc(CCCNC(=O)CN(c2cccc(Br)c2)S(C)(=O)=O)cc1. The number of hydrogen-bond donors (Lipinski definition) is 1. The van der Waals surface area contributed by atoms with Gasteiger partial charge in [-0.2, -0.15) is 0 Å². The summed E-state index contributed by atoms with van der Waals surface area (Å²) in [6.45, 7) is 2.31. The van der Waals surface area contributed by atoms with Crippen LogP contribution in [-0.4, -0.2) is 33.7 Å². The van der Waals surface area contributed by atoms with Gasteiger partial charge in [0.1, 0.15) is 6.54 Å². The molecule has 0 aromatic heterocycles. The van der Waals surface area contributed by atoms with Crippen LogP contribution in [0.3, 0.4) is 0 Å². The van der Waals surface area contributed by atoms with Gasteiger partial charge in [-0.15, -0.1) is 0 Å². The molecule has 0 saturated carbocycles. The van der Waals surface area contributed by atoms with E-state index in [0.717, 1.165) is 27.9 Å². The van der Waals surface area contributed by atoms with Gasteiger partial charge in [-0.25, -0.2) is 8.42 Å². The van der Waals surface area contributed by atoms with Crippen molar-refractivity contribution >= 4 is 37.5 Å². The van der Waals surface area contributed by atoms with Crippen molar-refractivity contribution < 1.29 is 13.2 Å². The standard InChI is InChI=1S/C19H23BrN2O3S/c1-15-8-10-16(11-9-15)5-4-12-21-19(23)14-22(26(2,24)25)18-7-3-6-17(20)13-18/h3,6-11,13H,4-5,12,14H2,1-2H3,(H,21,23). The van der Waals surface area contributed by atoms with Crippen molar-refractivity contribution in [1.82, 2.24) is 5.32 Å². The van der Waals surface area contributed by atoms with Crippen molar-refractivity contribution in [3.05, 3.63) is 64.1 Å². The summed E-state index contributed by atoms with van der Waals surface area (Å²) in [6.07, 6.45) is 2.76. The van der Waals surface area contributed by atoms with Crippen LogP contribution in [-0.2, 0) is 21.2 Å². The van der Waals surface area contributed by atoms with Crippen LogP contribution in [0.1, 0.15) is 17.5 Å². The summed E-state index contributed by atoms with van der Waals surface area (Å²) in [5, 5.41) is 2.79. The van der Waals surface area contributed by atoms with Gasteiger partial charge in [0.25, 0.3) is 0 Å². The summed E-state index contributed by atoms with van der Waals surface area (Å²) in [7, 11) is -3.56. The minimum atomic E-state index is -3.56. The smallest absolute Gasteiger partial charge is 0.240 e. The molecule has 26 heavy (non-hydrogen) atoms. The zero-order valence-electron chi connectivity index (χ0n) is 14.9. The molecule has 140 valence electrons. The van der Waals surface area contributed by atoms with Gasteiger partial charge in [0.15, 0.2) is 0 Å². The number of amides is 1. The average Bonchev–Trinajstić information content (AvgIpc) is 2.57.